The van der Waals surface area contributed by atoms with Gasteiger partial charge in [-0.1, -0.05) is 18.0 Å². The van der Waals surface area contributed by atoms with Crippen molar-refractivity contribution in [3.8, 4) is 0 Å². The SMILES string of the molecule is Cc1nc(C2(NC(=O)c3ccc([N+](=O)[O-])o3)CCCC2)no1. The molecule has 0 unspecified atom stereocenters. The highest BCUT2D eigenvalue weighted by molar-refractivity contribution is 5.92. The molecule has 0 spiro atoms. The topological polar surface area (TPSA) is 124 Å². The van der Waals surface area contributed by atoms with Crippen LogP contribution in [0.1, 0.15) is 48.0 Å². The Labute approximate surface area is 124 Å². The van der Waals surface area contributed by atoms with Crippen molar-refractivity contribution in [2.75, 3.05) is 0 Å². The van der Waals surface area contributed by atoms with Crippen molar-refractivity contribution in [2.45, 2.75) is 38.1 Å². The number of nitrogens with one attached hydrogen (secondary N) is 1. The van der Waals surface area contributed by atoms with Gasteiger partial charge in [0.1, 0.15) is 10.5 Å². The third-order valence-electron chi connectivity index (χ3n) is 3.76. The van der Waals surface area contributed by atoms with Gasteiger partial charge in [-0.25, -0.2) is 0 Å². The first-order chi connectivity index (χ1) is 10.5. The Morgan fingerprint density at radius 3 is 2.68 bits per heavy atom. The quantitative estimate of drug-likeness (QED) is 0.677. The first kappa shape index (κ1) is 14.2. The number of carbonyl (C=O) groups is 1. The minimum atomic E-state index is -0.712. The molecule has 0 bridgehead atoms. The standard InChI is InChI=1S/C13H14N4O5/c1-8-14-12(16-22-8)13(6-2-3-7-13)15-11(18)9-4-5-10(21-9)17(19)20/h4-5H,2-3,6-7H2,1H3,(H,15,18). The number of nitrogens with zero attached hydrogens (tertiary/aromatic N) is 3. The summed E-state index contributed by atoms with van der Waals surface area (Å²) in [4.78, 5) is 26.4. The maximum absolute atomic E-state index is 12.3. The molecule has 2 aromatic rings. The molecule has 2 aromatic heterocycles. The number of aryl methyl sites for hydroxylation is 1. The highest BCUT2D eigenvalue weighted by Gasteiger charge is 2.42. The molecule has 22 heavy (non-hydrogen) atoms. The molecule has 1 saturated carbocycles. The van der Waals surface area contributed by atoms with Gasteiger partial charge >= 0.3 is 5.88 Å². The number of carbonyl (C=O) groups excluding carboxylic acids is 1. The first-order valence-corrected chi connectivity index (χ1v) is 6.88. The number of amides is 1. The number of nitro groups is 1. The molecule has 1 N–H and O–H groups in total. The van der Waals surface area contributed by atoms with E-state index in [0.717, 1.165) is 18.9 Å². The summed E-state index contributed by atoms with van der Waals surface area (Å²) >= 11 is 0. The summed E-state index contributed by atoms with van der Waals surface area (Å²) in [6, 6.07) is 2.42. The molecule has 1 amide bonds. The van der Waals surface area contributed by atoms with Crippen molar-refractivity contribution in [3.63, 3.8) is 0 Å². The van der Waals surface area contributed by atoms with E-state index in [4.69, 9.17) is 8.94 Å². The van der Waals surface area contributed by atoms with E-state index in [1.165, 1.54) is 6.07 Å². The number of furan rings is 1. The summed E-state index contributed by atoms with van der Waals surface area (Å²) in [5, 5.41) is 17.4. The third-order valence-corrected chi connectivity index (χ3v) is 3.76. The molecule has 1 aliphatic carbocycles. The predicted molar refractivity (Wildman–Crippen MR) is 72.0 cm³/mol. The van der Waals surface area contributed by atoms with Gasteiger partial charge in [0.15, 0.2) is 11.6 Å². The predicted octanol–water partition coefficient (Wildman–Crippen LogP) is 2.08. The third kappa shape index (κ3) is 2.45. The highest BCUT2D eigenvalue weighted by Crippen LogP contribution is 2.37. The summed E-state index contributed by atoms with van der Waals surface area (Å²) in [6.45, 7) is 1.68. The van der Waals surface area contributed by atoms with Crippen molar-refractivity contribution in [1.82, 2.24) is 15.5 Å². The number of hydrogen-bond donors (Lipinski definition) is 1. The molecule has 0 radical (unpaired) electrons. The van der Waals surface area contributed by atoms with E-state index in [9.17, 15) is 14.9 Å². The second-order valence-corrected chi connectivity index (χ2v) is 5.28. The van der Waals surface area contributed by atoms with Crippen LogP contribution < -0.4 is 5.32 Å². The van der Waals surface area contributed by atoms with Crippen molar-refractivity contribution < 1.29 is 18.7 Å². The minimum Gasteiger partial charge on any atom is -0.395 e. The van der Waals surface area contributed by atoms with E-state index < -0.39 is 22.3 Å². The average molecular weight is 306 g/mol. The number of rotatable bonds is 4. The average Bonchev–Trinajstić information content (AvgIpc) is 3.17. The van der Waals surface area contributed by atoms with Crippen LogP contribution in [0.5, 0.6) is 0 Å². The highest BCUT2D eigenvalue weighted by atomic mass is 16.6. The Bertz CT molecular complexity index is 714. The number of aromatic nitrogens is 2. The van der Waals surface area contributed by atoms with Crippen LogP contribution in [-0.4, -0.2) is 21.0 Å². The Morgan fingerprint density at radius 2 is 2.14 bits per heavy atom. The molecule has 0 atom stereocenters. The van der Waals surface area contributed by atoms with Crippen molar-refractivity contribution in [1.29, 1.82) is 0 Å². The van der Waals surface area contributed by atoms with Gasteiger partial charge < -0.3 is 14.3 Å². The van der Waals surface area contributed by atoms with Crippen LogP contribution in [0.2, 0.25) is 0 Å². The van der Waals surface area contributed by atoms with Gasteiger partial charge in [-0.15, -0.1) is 0 Å². The molecule has 9 nitrogen and oxygen atoms in total. The summed E-state index contributed by atoms with van der Waals surface area (Å²) in [6.07, 6.45) is 3.21. The summed E-state index contributed by atoms with van der Waals surface area (Å²) in [5.74, 6) is -0.266. The van der Waals surface area contributed by atoms with E-state index in [2.05, 4.69) is 15.5 Å². The lowest BCUT2D eigenvalue weighted by molar-refractivity contribution is -0.402. The molecular formula is C13H14N4O5. The number of hydrogen-bond acceptors (Lipinski definition) is 7. The molecule has 3 rings (SSSR count). The van der Waals surface area contributed by atoms with Gasteiger partial charge in [-0.2, -0.15) is 4.98 Å². The van der Waals surface area contributed by atoms with Gasteiger partial charge in [0.05, 0.1) is 6.07 Å². The van der Waals surface area contributed by atoms with Crippen molar-refractivity contribution in [3.05, 3.63) is 39.7 Å². The zero-order chi connectivity index (χ0) is 15.7. The maximum atomic E-state index is 12.3. The van der Waals surface area contributed by atoms with E-state index in [1.54, 1.807) is 6.92 Å². The van der Waals surface area contributed by atoms with Crippen LogP contribution in [0.3, 0.4) is 0 Å². The summed E-state index contributed by atoms with van der Waals surface area (Å²) in [7, 11) is 0. The van der Waals surface area contributed by atoms with Crippen LogP contribution in [0.15, 0.2) is 21.1 Å². The molecule has 2 heterocycles. The van der Waals surface area contributed by atoms with Gasteiger partial charge in [0.25, 0.3) is 5.91 Å². The second kappa shape index (κ2) is 5.24. The van der Waals surface area contributed by atoms with Gasteiger partial charge in [-0.3, -0.25) is 14.9 Å². The van der Waals surface area contributed by atoms with E-state index in [0.29, 0.717) is 24.6 Å². The lowest BCUT2D eigenvalue weighted by Gasteiger charge is -2.26. The van der Waals surface area contributed by atoms with E-state index >= 15 is 0 Å². The normalized spacial score (nSPS) is 16.6. The van der Waals surface area contributed by atoms with Crippen LogP contribution in [0.25, 0.3) is 0 Å². The fourth-order valence-corrected chi connectivity index (χ4v) is 2.70. The molecule has 0 aromatic carbocycles. The maximum Gasteiger partial charge on any atom is 0.433 e. The molecule has 1 fully saturated rings. The fraction of sp³-hybridized carbons (Fsp3) is 0.462. The van der Waals surface area contributed by atoms with Crippen LogP contribution >= 0.6 is 0 Å². The molecule has 116 valence electrons. The first-order valence-electron chi connectivity index (χ1n) is 6.88. The lowest BCUT2D eigenvalue weighted by atomic mass is 9.96. The minimum absolute atomic E-state index is 0.113. The Kier molecular flexibility index (Phi) is 3.39. The van der Waals surface area contributed by atoms with Crippen molar-refractivity contribution in [2.24, 2.45) is 0 Å². The van der Waals surface area contributed by atoms with E-state index in [1.807, 2.05) is 0 Å². The molecule has 9 heteroatoms. The molecular weight excluding hydrogens is 292 g/mol. The van der Waals surface area contributed by atoms with Gasteiger partial charge in [-0.05, 0) is 18.9 Å². The largest absolute Gasteiger partial charge is 0.433 e. The smallest absolute Gasteiger partial charge is 0.395 e. The van der Waals surface area contributed by atoms with Gasteiger partial charge in [0, 0.05) is 6.92 Å². The Morgan fingerprint density at radius 1 is 1.41 bits per heavy atom. The summed E-state index contributed by atoms with van der Waals surface area (Å²) in [5.41, 5.74) is -0.712. The van der Waals surface area contributed by atoms with E-state index in [-0.39, 0.29) is 5.76 Å². The second-order valence-electron chi connectivity index (χ2n) is 5.28. The molecule has 0 aliphatic heterocycles. The lowest BCUT2D eigenvalue weighted by Crippen LogP contribution is -2.44. The monoisotopic (exact) mass is 306 g/mol. The van der Waals surface area contributed by atoms with Gasteiger partial charge in [0.2, 0.25) is 5.89 Å². The summed E-state index contributed by atoms with van der Waals surface area (Å²) < 4.78 is 9.93. The molecule has 1 aliphatic rings. The van der Waals surface area contributed by atoms with Crippen LogP contribution in [-0.2, 0) is 5.54 Å². The Balaban J connectivity index is 1.84. The Hall–Kier alpha value is -2.71. The molecule has 0 saturated heterocycles. The van der Waals surface area contributed by atoms with Crippen molar-refractivity contribution >= 4 is 11.8 Å². The zero-order valence-corrected chi connectivity index (χ0v) is 11.9. The van der Waals surface area contributed by atoms with Crippen LogP contribution in [0.4, 0.5) is 5.88 Å². The zero-order valence-electron chi connectivity index (χ0n) is 11.9. The fourth-order valence-electron chi connectivity index (χ4n) is 2.70. The van der Waals surface area contributed by atoms with Crippen LogP contribution in [0, 0.1) is 17.0 Å².